The van der Waals surface area contributed by atoms with Crippen LogP contribution in [-0.2, 0) is 25.0 Å². The average molecular weight is 441 g/mol. The molecule has 30 heavy (non-hydrogen) atoms. The summed E-state index contributed by atoms with van der Waals surface area (Å²) in [4.78, 5) is 0. The third-order valence-electron chi connectivity index (χ3n) is 5.18. The van der Waals surface area contributed by atoms with Gasteiger partial charge in [-0.25, -0.2) is 9.07 Å². The van der Waals surface area contributed by atoms with Gasteiger partial charge in [-0.05, 0) is 49.1 Å². The van der Waals surface area contributed by atoms with Crippen LogP contribution >= 0.6 is 23.4 Å². The van der Waals surface area contributed by atoms with Gasteiger partial charge in [0.25, 0.3) is 5.22 Å². The van der Waals surface area contributed by atoms with E-state index < -0.39 is 0 Å². The van der Waals surface area contributed by atoms with Crippen molar-refractivity contribution < 1.29 is 8.81 Å². The third-order valence-corrected chi connectivity index (χ3v) is 6.37. The van der Waals surface area contributed by atoms with Crippen molar-refractivity contribution >= 4 is 23.4 Å². The Kier molecular flexibility index (Phi) is 5.31. The summed E-state index contributed by atoms with van der Waals surface area (Å²) >= 11 is 7.53. The molecule has 0 bridgehead atoms. The zero-order chi connectivity index (χ0) is 20.5. The van der Waals surface area contributed by atoms with Gasteiger partial charge in [0.2, 0.25) is 5.89 Å². The molecule has 0 saturated carbocycles. The lowest BCUT2D eigenvalue weighted by Crippen LogP contribution is -2.01. The highest BCUT2D eigenvalue weighted by atomic mass is 35.5. The molecule has 2 aromatic heterocycles. The average Bonchev–Trinajstić information content (AvgIpc) is 3.47. The molecule has 0 spiro atoms. The van der Waals surface area contributed by atoms with Crippen LogP contribution in [0.5, 0.6) is 0 Å². The number of hydrogen-bond donors (Lipinski definition) is 0. The van der Waals surface area contributed by atoms with E-state index in [-0.39, 0.29) is 12.2 Å². The molecule has 0 radical (unpaired) electrons. The van der Waals surface area contributed by atoms with Crippen LogP contribution in [0.3, 0.4) is 0 Å². The summed E-state index contributed by atoms with van der Waals surface area (Å²) in [7, 11) is 0. The smallest absolute Gasteiger partial charge is 0.276 e. The van der Waals surface area contributed by atoms with E-state index in [1.807, 2.05) is 18.2 Å². The normalized spacial score (nSPS) is 13.0. The lowest BCUT2D eigenvalue weighted by molar-refractivity contribution is 0.418. The van der Waals surface area contributed by atoms with Crippen molar-refractivity contribution in [2.75, 3.05) is 0 Å². The molecule has 1 aliphatic carbocycles. The van der Waals surface area contributed by atoms with E-state index in [2.05, 4.69) is 27.0 Å². The summed E-state index contributed by atoms with van der Waals surface area (Å²) in [5, 5.41) is 13.8. The first-order valence-electron chi connectivity index (χ1n) is 9.72. The monoisotopic (exact) mass is 440 g/mol. The van der Waals surface area contributed by atoms with Gasteiger partial charge >= 0.3 is 0 Å². The molecule has 0 amide bonds. The number of fused-ring (bicyclic) bond motifs is 1. The van der Waals surface area contributed by atoms with Gasteiger partial charge in [0.1, 0.15) is 5.82 Å². The Morgan fingerprint density at radius 1 is 1.07 bits per heavy atom. The minimum absolute atomic E-state index is 0.164. The van der Waals surface area contributed by atoms with Crippen molar-refractivity contribution in [3.63, 3.8) is 0 Å². The summed E-state index contributed by atoms with van der Waals surface area (Å²) in [6, 6.07) is 14.8. The number of hydrogen-bond acceptors (Lipinski definition) is 5. The lowest BCUT2D eigenvalue weighted by Gasteiger charge is -2.04. The molecule has 4 aromatic rings. The quantitative estimate of drug-likeness (QED) is 0.375. The summed E-state index contributed by atoms with van der Waals surface area (Å²) in [6.45, 7) is 0. The number of nitrogens with zero attached hydrogens (tertiary/aromatic N) is 4. The SMILES string of the molecule is Fc1cccc(Cl)c1Cc1nnc(SCc2nn(-c3ccccc3)c3c2CCC3)o1. The number of aromatic nitrogens is 4. The molecule has 0 atom stereocenters. The summed E-state index contributed by atoms with van der Waals surface area (Å²) in [5.41, 5.74) is 5.10. The van der Waals surface area contributed by atoms with Crippen molar-refractivity contribution in [3.05, 3.63) is 87.8 Å². The molecule has 5 nitrogen and oxygen atoms in total. The van der Waals surface area contributed by atoms with E-state index in [4.69, 9.17) is 21.1 Å². The van der Waals surface area contributed by atoms with Crippen LogP contribution in [0.4, 0.5) is 4.39 Å². The Morgan fingerprint density at radius 3 is 2.77 bits per heavy atom. The fourth-order valence-electron chi connectivity index (χ4n) is 3.76. The van der Waals surface area contributed by atoms with E-state index in [9.17, 15) is 4.39 Å². The van der Waals surface area contributed by atoms with Crippen molar-refractivity contribution in [1.82, 2.24) is 20.0 Å². The van der Waals surface area contributed by atoms with Gasteiger partial charge in [0, 0.05) is 22.0 Å². The Morgan fingerprint density at radius 2 is 1.93 bits per heavy atom. The van der Waals surface area contributed by atoms with E-state index >= 15 is 0 Å². The molecule has 0 unspecified atom stereocenters. The first-order valence-corrected chi connectivity index (χ1v) is 11.1. The van der Waals surface area contributed by atoms with Gasteiger partial charge < -0.3 is 4.42 Å². The third kappa shape index (κ3) is 3.75. The van der Waals surface area contributed by atoms with E-state index in [0.717, 1.165) is 30.6 Å². The molecule has 1 aliphatic rings. The Balaban J connectivity index is 1.32. The maximum absolute atomic E-state index is 14.0. The number of para-hydroxylation sites is 1. The van der Waals surface area contributed by atoms with Gasteiger partial charge in [-0.15, -0.1) is 10.2 Å². The van der Waals surface area contributed by atoms with E-state index in [1.165, 1.54) is 29.1 Å². The Labute approximate surface area is 182 Å². The van der Waals surface area contributed by atoms with Gasteiger partial charge in [0.15, 0.2) is 0 Å². The zero-order valence-electron chi connectivity index (χ0n) is 16.0. The highest BCUT2D eigenvalue weighted by Crippen LogP contribution is 2.32. The molecule has 8 heteroatoms. The van der Waals surface area contributed by atoms with Gasteiger partial charge in [-0.3, -0.25) is 0 Å². The van der Waals surface area contributed by atoms with Gasteiger partial charge in [-0.1, -0.05) is 47.6 Å². The molecule has 0 saturated heterocycles. The second kappa shape index (κ2) is 8.24. The lowest BCUT2D eigenvalue weighted by atomic mass is 10.1. The zero-order valence-corrected chi connectivity index (χ0v) is 17.6. The Bertz CT molecular complexity index is 1170. The van der Waals surface area contributed by atoms with Crippen LogP contribution in [0, 0.1) is 5.82 Å². The second-order valence-corrected chi connectivity index (χ2v) is 8.43. The highest BCUT2D eigenvalue weighted by Gasteiger charge is 2.23. The molecule has 5 rings (SSSR count). The number of rotatable bonds is 6. The number of halogens is 2. The maximum Gasteiger partial charge on any atom is 0.276 e. The second-order valence-electron chi connectivity index (χ2n) is 7.10. The van der Waals surface area contributed by atoms with Crippen molar-refractivity contribution in [2.45, 2.75) is 36.7 Å². The molecule has 0 fully saturated rings. The predicted molar refractivity (Wildman–Crippen MR) is 114 cm³/mol. The van der Waals surface area contributed by atoms with Gasteiger partial charge in [0.05, 0.1) is 17.8 Å². The topological polar surface area (TPSA) is 56.7 Å². The van der Waals surface area contributed by atoms with E-state index in [0.29, 0.717) is 27.5 Å². The minimum Gasteiger partial charge on any atom is -0.416 e. The van der Waals surface area contributed by atoms with Crippen LogP contribution in [0.15, 0.2) is 58.2 Å². The highest BCUT2D eigenvalue weighted by molar-refractivity contribution is 7.98. The number of thioether (sulfide) groups is 1. The summed E-state index contributed by atoms with van der Waals surface area (Å²) in [5.74, 6) is 0.603. The molecular formula is C22H18ClFN4OS. The van der Waals surface area contributed by atoms with Crippen molar-refractivity contribution in [1.29, 1.82) is 0 Å². The maximum atomic E-state index is 14.0. The van der Waals surface area contributed by atoms with E-state index in [1.54, 1.807) is 12.1 Å². The fourth-order valence-corrected chi connectivity index (χ4v) is 4.74. The first kappa shape index (κ1) is 19.3. The standard InChI is InChI=1S/C22H18ClFN4OS/c23-17-9-5-10-18(24)16(17)12-21-25-26-22(29-21)30-13-19-15-8-4-11-20(15)28(27-19)14-6-2-1-3-7-14/h1-3,5-7,9-10H,4,8,11-13H2. The molecule has 152 valence electrons. The summed E-state index contributed by atoms with van der Waals surface area (Å²) in [6.07, 6.45) is 3.39. The Hall–Kier alpha value is -2.64. The van der Waals surface area contributed by atoms with Crippen LogP contribution in [-0.4, -0.2) is 20.0 Å². The molecule has 0 aliphatic heterocycles. The minimum atomic E-state index is -0.378. The van der Waals surface area contributed by atoms with Crippen LogP contribution < -0.4 is 0 Å². The fraction of sp³-hybridized carbons (Fsp3) is 0.227. The molecular weight excluding hydrogens is 423 g/mol. The largest absolute Gasteiger partial charge is 0.416 e. The van der Waals surface area contributed by atoms with Crippen molar-refractivity contribution in [3.8, 4) is 5.69 Å². The summed E-state index contributed by atoms with van der Waals surface area (Å²) < 4.78 is 21.8. The van der Waals surface area contributed by atoms with Crippen LogP contribution in [0.25, 0.3) is 5.69 Å². The van der Waals surface area contributed by atoms with Gasteiger partial charge in [-0.2, -0.15) is 5.10 Å². The number of benzene rings is 2. The predicted octanol–water partition coefficient (Wildman–Crippen LogP) is 5.42. The first-order chi connectivity index (χ1) is 14.7. The van der Waals surface area contributed by atoms with Crippen LogP contribution in [0.2, 0.25) is 5.02 Å². The molecule has 2 heterocycles. The molecule has 2 aromatic carbocycles. The van der Waals surface area contributed by atoms with Crippen molar-refractivity contribution in [2.24, 2.45) is 0 Å². The van der Waals surface area contributed by atoms with Crippen LogP contribution in [0.1, 0.15) is 34.8 Å². The molecule has 0 N–H and O–H groups in total.